The van der Waals surface area contributed by atoms with E-state index in [9.17, 15) is 14.7 Å². The van der Waals surface area contributed by atoms with Crippen molar-refractivity contribution >= 4 is 11.8 Å². The van der Waals surface area contributed by atoms with E-state index in [-0.39, 0.29) is 30.9 Å². The summed E-state index contributed by atoms with van der Waals surface area (Å²) in [5.74, 6) is 0.435. The van der Waals surface area contributed by atoms with Crippen molar-refractivity contribution in [3.8, 4) is 5.75 Å². The third-order valence-corrected chi connectivity index (χ3v) is 4.17. The maximum absolute atomic E-state index is 12.2. The summed E-state index contributed by atoms with van der Waals surface area (Å²) in [5.41, 5.74) is 0.888. The standard InChI is InChI=1S/C19H26N2O5/c1-3-18(23)21-15-9-8-14(26-17(15)12-22)10-19(24)20-11-13-6-4-5-7-16(13)25-2/h4-9,14-15,17,22H,3,10-12H2,1-2H3,(H,20,24)(H,21,23)/t14-,15-,17+/m0/s1. The average Bonchev–Trinajstić information content (AvgIpc) is 2.67. The van der Waals surface area contributed by atoms with Crippen molar-refractivity contribution in [3.05, 3.63) is 42.0 Å². The van der Waals surface area contributed by atoms with E-state index in [1.165, 1.54) is 0 Å². The Labute approximate surface area is 153 Å². The molecule has 0 aromatic heterocycles. The predicted molar refractivity (Wildman–Crippen MR) is 96.6 cm³/mol. The van der Waals surface area contributed by atoms with Gasteiger partial charge in [0.1, 0.15) is 11.9 Å². The van der Waals surface area contributed by atoms with Gasteiger partial charge in [0.25, 0.3) is 0 Å². The third-order valence-electron chi connectivity index (χ3n) is 4.17. The van der Waals surface area contributed by atoms with Gasteiger partial charge in [-0.2, -0.15) is 0 Å². The van der Waals surface area contributed by atoms with Crippen molar-refractivity contribution in [2.75, 3.05) is 13.7 Å². The summed E-state index contributed by atoms with van der Waals surface area (Å²) in [6, 6.07) is 7.09. The molecule has 3 N–H and O–H groups in total. The molecule has 2 amide bonds. The van der Waals surface area contributed by atoms with E-state index in [0.29, 0.717) is 13.0 Å². The zero-order valence-electron chi connectivity index (χ0n) is 15.1. The molecule has 0 radical (unpaired) electrons. The molecule has 0 saturated heterocycles. The third kappa shape index (κ3) is 5.57. The maximum Gasteiger partial charge on any atom is 0.223 e. The molecule has 1 aliphatic rings. The molecule has 142 valence electrons. The zero-order valence-corrected chi connectivity index (χ0v) is 15.1. The molecule has 7 nitrogen and oxygen atoms in total. The Morgan fingerprint density at radius 3 is 2.69 bits per heavy atom. The number of benzene rings is 1. The first-order valence-corrected chi connectivity index (χ1v) is 8.70. The molecule has 1 aromatic rings. The summed E-state index contributed by atoms with van der Waals surface area (Å²) >= 11 is 0. The summed E-state index contributed by atoms with van der Waals surface area (Å²) in [6.45, 7) is 1.88. The van der Waals surface area contributed by atoms with Gasteiger partial charge in [-0.05, 0) is 6.07 Å². The SMILES string of the molecule is CCC(=O)N[C@H]1C=C[C@@H](CC(=O)NCc2ccccc2OC)O[C@@H]1CO. The summed E-state index contributed by atoms with van der Waals surface area (Å²) in [6.07, 6.45) is 3.00. The maximum atomic E-state index is 12.2. The normalized spacial score (nSPS) is 21.9. The number of methoxy groups -OCH3 is 1. The Balaban J connectivity index is 1.87. The Kier molecular flexibility index (Phi) is 7.62. The number of ether oxygens (including phenoxy) is 2. The monoisotopic (exact) mass is 362 g/mol. The van der Waals surface area contributed by atoms with Gasteiger partial charge in [0.15, 0.2) is 0 Å². The number of para-hydroxylation sites is 1. The molecule has 0 saturated carbocycles. The Morgan fingerprint density at radius 1 is 1.23 bits per heavy atom. The van der Waals surface area contributed by atoms with E-state index in [4.69, 9.17) is 9.47 Å². The largest absolute Gasteiger partial charge is 0.496 e. The minimum atomic E-state index is -0.567. The first-order valence-electron chi connectivity index (χ1n) is 8.70. The first-order chi connectivity index (χ1) is 12.6. The molecule has 0 spiro atoms. The van der Waals surface area contributed by atoms with Crippen LogP contribution in [0.1, 0.15) is 25.3 Å². The first kappa shape index (κ1) is 19.9. The van der Waals surface area contributed by atoms with E-state index in [1.54, 1.807) is 26.2 Å². The Bertz CT molecular complexity index is 647. The van der Waals surface area contributed by atoms with Crippen LogP contribution < -0.4 is 15.4 Å². The average molecular weight is 362 g/mol. The second kappa shape index (κ2) is 9.94. The highest BCUT2D eigenvalue weighted by molar-refractivity contribution is 5.77. The fraction of sp³-hybridized carbons (Fsp3) is 0.474. The molecule has 26 heavy (non-hydrogen) atoms. The quantitative estimate of drug-likeness (QED) is 0.598. The molecule has 7 heteroatoms. The van der Waals surface area contributed by atoms with Crippen LogP contribution in [0.15, 0.2) is 36.4 Å². The molecular formula is C19H26N2O5. The molecule has 1 aromatic carbocycles. The molecule has 2 rings (SSSR count). The molecule has 0 unspecified atom stereocenters. The lowest BCUT2D eigenvalue weighted by Crippen LogP contribution is -2.48. The van der Waals surface area contributed by atoms with Gasteiger partial charge in [0.05, 0.1) is 32.3 Å². The summed E-state index contributed by atoms with van der Waals surface area (Å²) < 4.78 is 11.0. The second-order valence-electron chi connectivity index (χ2n) is 6.02. The van der Waals surface area contributed by atoms with Gasteiger partial charge in [0, 0.05) is 18.5 Å². The predicted octanol–water partition coefficient (Wildman–Crippen LogP) is 0.912. The van der Waals surface area contributed by atoms with Gasteiger partial charge in [0.2, 0.25) is 11.8 Å². The van der Waals surface area contributed by atoms with Gasteiger partial charge in [-0.1, -0.05) is 37.3 Å². The number of rotatable bonds is 8. The molecule has 1 heterocycles. The number of hydrogen-bond acceptors (Lipinski definition) is 5. The molecule has 1 aliphatic heterocycles. The van der Waals surface area contributed by atoms with Crippen molar-refractivity contribution in [1.29, 1.82) is 0 Å². The molecular weight excluding hydrogens is 336 g/mol. The lowest BCUT2D eigenvalue weighted by molar-refractivity contribution is -0.128. The Hall–Kier alpha value is -2.38. The zero-order chi connectivity index (χ0) is 18.9. The van der Waals surface area contributed by atoms with E-state index >= 15 is 0 Å². The minimum Gasteiger partial charge on any atom is -0.496 e. The molecule has 0 bridgehead atoms. The van der Waals surface area contributed by atoms with Crippen molar-refractivity contribution in [2.45, 2.75) is 44.6 Å². The summed E-state index contributed by atoms with van der Waals surface area (Å²) in [5, 5.41) is 15.1. The van der Waals surface area contributed by atoms with E-state index in [2.05, 4.69) is 10.6 Å². The van der Waals surface area contributed by atoms with Crippen LogP contribution in [0.5, 0.6) is 5.75 Å². The van der Waals surface area contributed by atoms with Gasteiger partial charge in [-0.25, -0.2) is 0 Å². The van der Waals surface area contributed by atoms with Gasteiger partial charge < -0.3 is 25.2 Å². The van der Waals surface area contributed by atoms with Crippen LogP contribution in [0, 0.1) is 0 Å². The number of aliphatic hydroxyl groups excluding tert-OH is 1. The summed E-state index contributed by atoms with van der Waals surface area (Å²) in [7, 11) is 1.59. The van der Waals surface area contributed by atoms with E-state index in [0.717, 1.165) is 11.3 Å². The number of amides is 2. The molecule has 3 atom stereocenters. The molecule has 0 fully saturated rings. The van der Waals surface area contributed by atoms with E-state index in [1.807, 2.05) is 24.3 Å². The smallest absolute Gasteiger partial charge is 0.223 e. The highest BCUT2D eigenvalue weighted by Gasteiger charge is 2.28. The van der Waals surface area contributed by atoms with Crippen LogP contribution in [0.3, 0.4) is 0 Å². The number of carbonyl (C=O) groups excluding carboxylic acids is 2. The highest BCUT2D eigenvalue weighted by atomic mass is 16.5. The van der Waals surface area contributed by atoms with Crippen molar-refractivity contribution in [3.63, 3.8) is 0 Å². The minimum absolute atomic E-state index is 0.116. The van der Waals surface area contributed by atoms with Crippen LogP contribution in [0.4, 0.5) is 0 Å². The van der Waals surface area contributed by atoms with Crippen molar-refractivity contribution < 1.29 is 24.2 Å². The lowest BCUT2D eigenvalue weighted by Gasteiger charge is -2.31. The summed E-state index contributed by atoms with van der Waals surface area (Å²) in [4.78, 5) is 23.7. The van der Waals surface area contributed by atoms with Crippen LogP contribution in [0.2, 0.25) is 0 Å². The number of aliphatic hydroxyl groups is 1. The van der Waals surface area contributed by atoms with Crippen molar-refractivity contribution in [2.24, 2.45) is 0 Å². The highest BCUT2D eigenvalue weighted by Crippen LogP contribution is 2.18. The van der Waals surface area contributed by atoms with Gasteiger partial charge >= 0.3 is 0 Å². The van der Waals surface area contributed by atoms with Crippen LogP contribution in [0.25, 0.3) is 0 Å². The Morgan fingerprint density at radius 2 is 2.00 bits per heavy atom. The second-order valence-corrected chi connectivity index (χ2v) is 6.02. The van der Waals surface area contributed by atoms with Gasteiger partial charge in [-0.15, -0.1) is 0 Å². The van der Waals surface area contributed by atoms with E-state index < -0.39 is 12.2 Å². The number of carbonyl (C=O) groups is 2. The number of hydrogen-bond donors (Lipinski definition) is 3. The van der Waals surface area contributed by atoms with Crippen LogP contribution in [-0.4, -0.2) is 48.9 Å². The van der Waals surface area contributed by atoms with Crippen molar-refractivity contribution in [1.82, 2.24) is 10.6 Å². The van der Waals surface area contributed by atoms with Gasteiger partial charge in [-0.3, -0.25) is 9.59 Å². The topological polar surface area (TPSA) is 96.9 Å². The lowest BCUT2D eigenvalue weighted by atomic mass is 10.0. The molecule has 0 aliphatic carbocycles. The fourth-order valence-electron chi connectivity index (χ4n) is 2.72. The number of nitrogens with one attached hydrogen (secondary N) is 2. The van der Waals surface area contributed by atoms with Crippen LogP contribution >= 0.6 is 0 Å². The van der Waals surface area contributed by atoms with Crippen LogP contribution in [-0.2, 0) is 20.9 Å². The fourth-order valence-corrected chi connectivity index (χ4v) is 2.72.